The van der Waals surface area contributed by atoms with E-state index in [1.165, 1.54) is 6.07 Å². The van der Waals surface area contributed by atoms with E-state index >= 15 is 0 Å². The molecular weight excluding hydrogens is 464 g/mol. The average molecular weight is 494 g/mol. The Hall–Kier alpha value is -3.72. The molecule has 1 aromatic heterocycles. The highest BCUT2D eigenvalue weighted by Gasteiger charge is 2.29. The summed E-state index contributed by atoms with van der Waals surface area (Å²) in [7, 11) is 0. The van der Waals surface area contributed by atoms with Gasteiger partial charge in [-0.05, 0) is 68.3 Å². The van der Waals surface area contributed by atoms with Crippen LogP contribution in [-0.2, 0) is 4.79 Å². The summed E-state index contributed by atoms with van der Waals surface area (Å²) in [5.74, 6) is 0.0363. The van der Waals surface area contributed by atoms with Crippen molar-refractivity contribution in [2.75, 3.05) is 47.9 Å². The van der Waals surface area contributed by atoms with E-state index in [1.807, 2.05) is 31.7 Å². The number of carbonyl (C=O) groups excluding carboxylic acids is 1. The number of halogens is 2. The Labute approximate surface area is 209 Å². The number of hydrogen-bond acceptors (Lipinski definition) is 6. The van der Waals surface area contributed by atoms with Crippen LogP contribution in [0.5, 0.6) is 5.75 Å². The van der Waals surface area contributed by atoms with Crippen molar-refractivity contribution in [3.63, 3.8) is 0 Å². The first-order valence-corrected chi connectivity index (χ1v) is 12.1. The molecule has 1 amide bonds. The van der Waals surface area contributed by atoms with Gasteiger partial charge in [0.2, 0.25) is 0 Å². The lowest BCUT2D eigenvalue weighted by Gasteiger charge is -2.33. The molecule has 2 aromatic carbocycles. The molecule has 188 valence electrons. The highest BCUT2D eigenvalue weighted by molar-refractivity contribution is 5.99. The van der Waals surface area contributed by atoms with E-state index < -0.39 is 5.82 Å². The summed E-state index contributed by atoms with van der Waals surface area (Å²) in [6, 6.07) is 10.1. The molecule has 2 aliphatic rings. The summed E-state index contributed by atoms with van der Waals surface area (Å²) in [5, 5.41) is 6.35. The minimum absolute atomic E-state index is 0.0208. The van der Waals surface area contributed by atoms with E-state index in [0.29, 0.717) is 39.8 Å². The van der Waals surface area contributed by atoms with Gasteiger partial charge >= 0.3 is 0 Å². The van der Waals surface area contributed by atoms with Gasteiger partial charge in [0.1, 0.15) is 23.2 Å². The number of hydrogen-bond donors (Lipinski definition) is 2. The maximum absolute atomic E-state index is 14.9. The minimum atomic E-state index is -0.501. The third kappa shape index (κ3) is 4.58. The van der Waals surface area contributed by atoms with Crippen LogP contribution in [0.2, 0.25) is 0 Å². The van der Waals surface area contributed by atoms with Gasteiger partial charge < -0.3 is 25.2 Å². The second kappa shape index (κ2) is 9.73. The van der Waals surface area contributed by atoms with E-state index in [1.54, 1.807) is 29.2 Å². The fourth-order valence-corrected chi connectivity index (χ4v) is 4.80. The first-order valence-electron chi connectivity index (χ1n) is 12.1. The van der Waals surface area contributed by atoms with Crippen LogP contribution in [0.25, 0.3) is 11.1 Å². The summed E-state index contributed by atoms with van der Waals surface area (Å²) >= 11 is 0. The van der Waals surface area contributed by atoms with Crippen molar-refractivity contribution in [3.05, 3.63) is 59.8 Å². The standard InChI is InChI=1S/C27H29F2N5O2/c1-16(2)34-24-11-18(10-17(3)27(24)36-15-26(34)35)20-13-25(31-14-22(20)29)32-19-4-5-23(21(28)12-19)33-8-6-30-7-9-33/h4-5,10-14,16,30H,6-9,15H2,1-3H3,(H,31,32). The first-order chi connectivity index (χ1) is 17.3. The normalized spacial score (nSPS) is 15.7. The molecule has 0 aliphatic carbocycles. The number of fused-ring (bicyclic) bond motifs is 1. The van der Waals surface area contributed by atoms with Crippen molar-refractivity contribution in [1.82, 2.24) is 10.3 Å². The van der Waals surface area contributed by atoms with Gasteiger partial charge in [-0.2, -0.15) is 0 Å². The molecule has 9 heteroatoms. The van der Waals surface area contributed by atoms with Crippen LogP contribution < -0.4 is 25.2 Å². The van der Waals surface area contributed by atoms with Crippen LogP contribution >= 0.6 is 0 Å². The summed E-state index contributed by atoms with van der Waals surface area (Å²) in [5.41, 5.74) is 3.41. The molecule has 0 unspecified atom stereocenters. The Kier molecular flexibility index (Phi) is 6.49. The molecule has 1 saturated heterocycles. The van der Waals surface area contributed by atoms with E-state index in [9.17, 15) is 13.6 Å². The van der Waals surface area contributed by atoms with E-state index in [0.717, 1.165) is 37.9 Å². The Morgan fingerprint density at radius 3 is 2.56 bits per heavy atom. The molecule has 3 aromatic rings. The zero-order chi connectivity index (χ0) is 25.4. The van der Waals surface area contributed by atoms with Gasteiger partial charge in [0.25, 0.3) is 5.91 Å². The molecule has 2 aliphatic heterocycles. The number of nitrogens with zero attached hydrogens (tertiary/aromatic N) is 3. The number of ether oxygens (including phenoxy) is 1. The van der Waals surface area contributed by atoms with Gasteiger partial charge in [0.15, 0.2) is 6.61 Å². The van der Waals surface area contributed by atoms with Crippen LogP contribution in [-0.4, -0.2) is 49.7 Å². The Morgan fingerprint density at radius 1 is 1.06 bits per heavy atom. The monoisotopic (exact) mass is 493 g/mol. The number of amides is 1. The molecule has 3 heterocycles. The van der Waals surface area contributed by atoms with Crippen molar-refractivity contribution in [2.24, 2.45) is 0 Å². The SMILES string of the molecule is Cc1cc(-c2cc(Nc3ccc(N4CCNCC4)c(F)c3)ncc2F)cc2c1OCC(=O)N2C(C)C. The van der Waals surface area contributed by atoms with Crippen LogP contribution in [0.4, 0.5) is 31.7 Å². The molecule has 5 rings (SSSR count). The zero-order valence-electron chi connectivity index (χ0n) is 20.6. The van der Waals surface area contributed by atoms with Crippen molar-refractivity contribution < 1.29 is 18.3 Å². The number of nitrogens with one attached hydrogen (secondary N) is 2. The van der Waals surface area contributed by atoms with Crippen LogP contribution in [0, 0.1) is 18.6 Å². The van der Waals surface area contributed by atoms with Gasteiger partial charge in [-0.25, -0.2) is 13.8 Å². The Morgan fingerprint density at radius 2 is 1.83 bits per heavy atom. The molecule has 0 saturated carbocycles. The lowest BCUT2D eigenvalue weighted by Crippen LogP contribution is -2.43. The van der Waals surface area contributed by atoms with E-state index in [2.05, 4.69) is 15.6 Å². The van der Waals surface area contributed by atoms with Crippen LogP contribution in [0.1, 0.15) is 19.4 Å². The lowest BCUT2D eigenvalue weighted by molar-refractivity contribution is -0.121. The molecule has 0 atom stereocenters. The fourth-order valence-electron chi connectivity index (χ4n) is 4.80. The predicted molar refractivity (Wildman–Crippen MR) is 137 cm³/mol. The zero-order valence-corrected chi connectivity index (χ0v) is 20.6. The van der Waals surface area contributed by atoms with Gasteiger partial charge in [0.05, 0.1) is 17.6 Å². The molecule has 1 fully saturated rings. The summed E-state index contributed by atoms with van der Waals surface area (Å²) < 4.78 is 35.5. The number of pyridine rings is 1. The van der Waals surface area contributed by atoms with Crippen molar-refractivity contribution >= 4 is 28.8 Å². The molecule has 36 heavy (non-hydrogen) atoms. The molecule has 2 N–H and O–H groups in total. The van der Waals surface area contributed by atoms with Crippen LogP contribution in [0.15, 0.2) is 42.6 Å². The topological polar surface area (TPSA) is 69.7 Å². The Balaban J connectivity index is 1.45. The number of piperazine rings is 1. The Bertz CT molecular complexity index is 1310. The number of anilines is 4. The molecule has 0 spiro atoms. The lowest BCUT2D eigenvalue weighted by atomic mass is 10.00. The molecular formula is C27H29F2N5O2. The second-order valence-corrected chi connectivity index (χ2v) is 9.37. The quantitative estimate of drug-likeness (QED) is 0.541. The second-order valence-electron chi connectivity index (χ2n) is 9.37. The third-order valence-electron chi connectivity index (χ3n) is 6.48. The third-order valence-corrected chi connectivity index (χ3v) is 6.48. The minimum Gasteiger partial charge on any atom is -0.481 e. The molecule has 0 bridgehead atoms. The van der Waals surface area contributed by atoms with Crippen molar-refractivity contribution in [2.45, 2.75) is 26.8 Å². The van der Waals surface area contributed by atoms with Crippen LogP contribution in [0.3, 0.4) is 0 Å². The molecule has 0 radical (unpaired) electrons. The highest BCUT2D eigenvalue weighted by Crippen LogP contribution is 2.41. The van der Waals surface area contributed by atoms with Gasteiger partial charge in [-0.3, -0.25) is 4.79 Å². The largest absolute Gasteiger partial charge is 0.481 e. The summed E-state index contributed by atoms with van der Waals surface area (Å²) in [6.07, 6.45) is 1.14. The maximum Gasteiger partial charge on any atom is 0.265 e. The fraction of sp³-hybridized carbons (Fsp3) is 0.333. The predicted octanol–water partition coefficient (Wildman–Crippen LogP) is 4.62. The summed E-state index contributed by atoms with van der Waals surface area (Å²) in [6.45, 7) is 8.84. The smallest absolute Gasteiger partial charge is 0.265 e. The van der Waals surface area contributed by atoms with E-state index in [4.69, 9.17) is 4.74 Å². The summed E-state index contributed by atoms with van der Waals surface area (Å²) in [4.78, 5) is 20.3. The molecule has 7 nitrogen and oxygen atoms in total. The number of benzene rings is 2. The number of carbonyl (C=O) groups is 1. The van der Waals surface area contributed by atoms with Gasteiger partial charge in [-0.15, -0.1) is 0 Å². The maximum atomic E-state index is 14.9. The van der Waals surface area contributed by atoms with E-state index in [-0.39, 0.29) is 24.4 Å². The number of aryl methyl sites for hydroxylation is 1. The van der Waals surface area contributed by atoms with Gasteiger partial charge in [-0.1, -0.05) is 0 Å². The number of aromatic nitrogens is 1. The average Bonchev–Trinajstić information content (AvgIpc) is 2.85. The highest BCUT2D eigenvalue weighted by atomic mass is 19.1. The van der Waals surface area contributed by atoms with Crippen molar-refractivity contribution in [3.8, 4) is 16.9 Å². The van der Waals surface area contributed by atoms with Crippen molar-refractivity contribution in [1.29, 1.82) is 0 Å². The first kappa shape index (κ1) is 24.0. The van der Waals surface area contributed by atoms with Gasteiger partial charge in [0, 0.05) is 43.5 Å². The number of rotatable bonds is 5.